The van der Waals surface area contributed by atoms with Gasteiger partial charge in [0.05, 0.1) is 28.2 Å². The van der Waals surface area contributed by atoms with E-state index in [1.54, 1.807) is 0 Å². The predicted molar refractivity (Wildman–Crippen MR) is 118 cm³/mol. The Morgan fingerprint density at radius 2 is 1.97 bits per heavy atom. The van der Waals surface area contributed by atoms with E-state index < -0.39 is 0 Å². The first-order chi connectivity index (χ1) is 14.3. The molecule has 3 aromatic heterocycles. The van der Waals surface area contributed by atoms with Gasteiger partial charge in [0, 0.05) is 37.1 Å². The van der Waals surface area contributed by atoms with Crippen molar-refractivity contribution in [2.24, 2.45) is 7.05 Å². The lowest BCUT2D eigenvalue weighted by molar-refractivity contribution is 0.0733. The molecule has 6 nitrogen and oxygen atoms in total. The van der Waals surface area contributed by atoms with Gasteiger partial charge in [0.2, 0.25) is 0 Å². The highest BCUT2D eigenvalue weighted by atomic mass is 16.2. The molecular formula is C24H31N5O. The van der Waals surface area contributed by atoms with Crippen LogP contribution in [-0.2, 0) is 12.6 Å². The van der Waals surface area contributed by atoms with E-state index in [1.165, 1.54) is 5.69 Å². The summed E-state index contributed by atoms with van der Waals surface area (Å²) in [7, 11) is 2.06. The summed E-state index contributed by atoms with van der Waals surface area (Å²) in [4.78, 5) is 21.0. The number of carbonyl (C=O) groups is 1. The number of carbonyl (C=O) groups excluding carboxylic acids is 1. The topological polar surface area (TPSA) is 56.0 Å². The van der Waals surface area contributed by atoms with E-state index in [-0.39, 0.29) is 17.5 Å². The number of likely N-dealkylation sites (tertiary alicyclic amines) is 1. The van der Waals surface area contributed by atoms with E-state index in [0.29, 0.717) is 5.92 Å². The first-order valence-electron chi connectivity index (χ1n) is 11.1. The van der Waals surface area contributed by atoms with Crippen LogP contribution in [0.25, 0.3) is 11.0 Å². The van der Waals surface area contributed by atoms with Gasteiger partial charge in [-0.1, -0.05) is 0 Å². The summed E-state index contributed by atoms with van der Waals surface area (Å²) in [6.45, 7) is 9.20. The largest absolute Gasteiger partial charge is 0.353 e. The van der Waals surface area contributed by atoms with Crippen molar-refractivity contribution in [2.45, 2.75) is 70.9 Å². The standard InChI is InChI=1S/C24H31N5O/c1-15-21-17(23(30)28-13-7-9-20(28)19-8-6-12-27(19)5)14-18(16-10-11-16)25-22(21)29(26-15)24(2,3)4/h6,8,12,14,16,20H,7,9-11,13H2,1-5H3. The van der Waals surface area contributed by atoms with Crippen molar-refractivity contribution < 1.29 is 4.79 Å². The summed E-state index contributed by atoms with van der Waals surface area (Å²) in [5, 5.41) is 5.73. The van der Waals surface area contributed by atoms with E-state index >= 15 is 0 Å². The molecule has 0 aromatic carbocycles. The van der Waals surface area contributed by atoms with Crippen LogP contribution in [0.5, 0.6) is 0 Å². The van der Waals surface area contributed by atoms with Crippen molar-refractivity contribution in [1.29, 1.82) is 0 Å². The second-order valence-corrected chi connectivity index (χ2v) is 9.94. The normalized spacial score (nSPS) is 19.8. The van der Waals surface area contributed by atoms with Crippen LogP contribution in [-0.4, -0.2) is 36.7 Å². The third-order valence-electron chi connectivity index (χ3n) is 6.53. The molecule has 0 N–H and O–H groups in total. The van der Waals surface area contributed by atoms with Crippen LogP contribution in [0, 0.1) is 6.92 Å². The first-order valence-corrected chi connectivity index (χ1v) is 11.1. The Labute approximate surface area is 177 Å². The molecule has 2 aliphatic rings. The zero-order valence-electron chi connectivity index (χ0n) is 18.6. The van der Waals surface area contributed by atoms with Crippen LogP contribution in [0.1, 0.15) is 85.9 Å². The highest BCUT2D eigenvalue weighted by Crippen LogP contribution is 2.42. The number of rotatable bonds is 3. The van der Waals surface area contributed by atoms with Gasteiger partial charge in [0.15, 0.2) is 5.65 Å². The maximum absolute atomic E-state index is 13.9. The quantitative estimate of drug-likeness (QED) is 0.635. The Hall–Kier alpha value is -2.63. The zero-order valence-corrected chi connectivity index (χ0v) is 18.6. The van der Waals surface area contributed by atoms with Gasteiger partial charge in [0.25, 0.3) is 5.91 Å². The monoisotopic (exact) mass is 405 g/mol. The molecule has 4 heterocycles. The van der Waals surface area contributed by atoms with Gasteiger partial charge in [-0.05, 0) is 71.6 Å². The molecule has 1 aliphatic carbocycles. The molecule has 158 valence electrons. The van der Waals surface area contributed by atoms with Crippen LogP contribution in [0.4, 0.5) is 0 Å². The summed E-state index contributed by atoms with van der Waals surface area (Å²) in [5.74, 6) is 0.594. The number of hydrogen-bond donors (Lipinski definition) is 0. The Balaban J connectivity index is 1.65. The van der Waals surface area contributed by atoms with Crippen LogP contribution in [0.15, 0.2) is 24.4 Å². The Kier molecular flexibility index (Phi) is 4.31. The fourth-order valence-corrected chi connectivity index (χ4v) is 4.83. The molecule has 1 atom stereocenters. The Morgan fingerprint density at radius 1 is 1.20 bits per heavy atom. The summed E-state index contributed by atoms with van der Waals surface area (Å²) < 4.78 is 4.13. The van der Waals surface area contributed by atoms with Crippen molar-refractivity contribution in [2.75, 3.05) is 6.54 Å². The molecule has 2 fully saturated rings. The minimum absolute atomic E-state index is 0.115. The van der Waals surface area contributed by atoms with Gasteiger partial charge in [-0.15, -0.1) is 0 Å². The first kappa shape index (κ1) is 19.3. The zero-order chi connectivity index (χ0) is 21.2. The molecule has 6 heteroatoms. The molecule has 1 aliphatic heterocycles. The van der Waals surface area contributed by atoms with Crippen molar-refractivity contribution in [1.82, 2.24) is 24.2 Å². The lowest BCUT2D eigenvalue weighted by Gasteiger charge is -2.26. The maximum Gasteiger partial charge on any atom is 0.255 e. The van der Waals surface area contributed by atoms with Crippen LogP contribution >= 0.6 is 0 Å². The number of hydrogen-bond acceptors (Lipinski definition) is 3. The van der Waals surface area contributed by atoms with E-state index in [2.05, 4.69) is 61.7 Å². The van der Waals surface area contributed by atoms with Gasteiger partial charge < -0.3 is 9.47 Å². The Morgan fingerprint density at radius 3 is 2.60 bits per heavy atom. The van der Waals surface area contributed by atoms with Crippen LogP contribution < -0.4 is 0 Å². The van der Waals surface area contributed by atoms with Gasteiger partial charge >= 0.3 is 0 Å². The number of fused-ring (bicyclic) bond motifs is 1. The average molecular weight is 406 g/mol. The lowest BCUT2D eigenvalue weighted by Crippen LogP contribution is -2.32. The highest BCUT2D eigenvalue weighted by Gasteiger charge is 2.35. The smallest absolute Gasteiger partial charge is 0.255 e. The molecule has 1 unspecified atom stereocenters. The molecule has 0 radical (unpaired) electrons. The summed E-state index contributed by atoms with van der Waals surface area (Å²) >= 11 is 0. The van der Waals surface area contributed by atoms with Crippen molar-refractivity contribution in [3.8, 4) is 0 Å². The molecule has 3 aromatic rings. The van der Waals surface area contributed by atoms with Crippen LogP contribution in [0.3, 0.4) is 0 Å². The average Bonchev–Trinajstić information content (AvgIpc) is 3.11. The van der Waals surface area contributed by atoms with Crippen molar-refractivity contribution in [3.63, 3.8) is 0 Å². The second-order valence-electron chi connectivity index (χ2n) is 9.94. The van der Waals surface area contributed by atoms with Crippen LogP contribution in [0.2, 0.25) is 0 Å². The molecule has 1 saturated heterocycles. The van der Waals surface area contributed by atoms with E-state index in [9.17, 15) is 4.79 Å². The van der Waals surface area contributed by atoms with Gasteiger partial charge in [0.1, 0.15) is 0 Å². The number of amides is 1. The summed E-state index contributed by atoms with van der Waals surface area (Å²) in [5.41, 5.74) is 4.56. The number of nitrogens with zero attached hydrogens (tertiary/aromatic N) is 5. The van der Waals surface area contributed by atoms with Gasteiger partial charge in [-0.25, -0.2) is 9.67 Å². The minimum Gasteiger partial charge on any atom is -0.353 e. The summed E-state index contributed by atoms with van der Waals surface area (Å²) in [6, 6.07) is 6.38. The number of pyridine rings is 1. The molecule has 5 rings (SSSR count). The predicted octanol–water partition coefficient (Wildman–Crippen LogP) is 4.69. The Bertz CT molecular complexity index is 1130. The molecule has 1 saturated carbocycles. The van der Waals surface area contributed by atoms with Crippen molar-refractivity contribution in [3.05, 3.63) is 47.0 Å². The summed E-state index contributed by atoms with van der Waals surface area (Å²) in [6.07, 6.45) is 6.41. The SMILES string of the molecule is Cc1nn(C(C)(C)C)c2nc(C3CC3)cc(C(=O)N3CCCC3c3cccn3C)c12. The minimum atomic E-state index is -0.193. The van der Waals surface area contributed by atoms with Gasteiger partial charge in [-0.3, -0.25) is 4.79 Å². The fraction of sp³-hybridized carbons (Fsp3) is 0.542. The molecule has 1 amide bonds. The third-order valence-corrected chi connectivity index (χ3v) is 6.53. The third kappa shape index (κ3) is 3.04. The fourth-order valence-electron chi connectivity index (χ4n) is 4.83. The number of aryl methyl sites for hydroxylation is 2. The molecule has 0 spiro atoms. The highest BCUT2D eigenvalue weighted by molar-refractivity contribution is 6.07. The van der Waals surface area contributed by atoms with E-state index in [4.69, 9.17) is 10.1 Å². The van der Waals surface area contributed by atoms with E-state index in [0.717, 1.165) is 60.2 Å². The molecule has 30 heavy (non-hydrogen) atoms. The van der Waals surface area contributed by atoms with Crippen molar-refractivity contribution >= 4 is 16.9 Å². The van der Waals surface area contributed by atoms with E-state index in [1.807, 2.05) is 11.6 Å². The maximum atomic E-state index is 13.9. The molecule has 0 bridgehead atoms. The number of aromatic nitrogens is 4. The van der Waals surface area contributed by atoms with Gasteiger partial charge in [-0.2, -0.15) is 5.10 Å². The second kappa shape index (κ2) is 6.69. The lowest BCUT2D eigenvalue weighted by atomic mass is 10.0. The molecular weight excluding hydrogens is 374 g/mol.